The van der Waals surface area contributed by atoms with Gasteiger partial charge in [0.25, 0.3) is 0 Å². The zero-order valence-electron chi connectivity index (χ0n) is 10.8. The molecule has 0 aromatic heterocycles. The van der Waals surface area contributed by atoms with E-state index in [9.17, 15) is 22.4 Å². The molecule has 0 atom stereocenters. The van der Waals surface area contributed by atoms with Crippen LogP contribution in [-0.2, 0) is 14.8 Å². The molecule has 1 aromatic rings. The van der Waals surface area contributed by atoms with Gasteiger partial charge in [-0.3, -0.25) is 4.79 Å². The smallest absolute Gasteiger partial charge is 0.337 e. The summed E-state index contributed by atoms with van der Waals surface area (Å²) in [4.78, 5) is 21.5. The number of carbonyl (C=O) groups excluding carboxylic acids is 1. The van der Waals surface area contributed by atoms with E-state index in [1.54, 1.807) is 0 Å². The van der Waals surface area contributed by atoms with Gasteiger partial charge in [-0.1, -0.05) is 0 Å². The molecule has 0 unspecified atom stereocenters. The number of sulfonamides is 1. The molecule has 0 aliphatic heterocycles. The summed E-state index contributed by atoms with van der Waals surface area (Å²) in [5.74, 6) is -2.97. The average molecular weight is 304 g/mol. The third kappa shape index (κ3) is 3.31. The van der Waals surface area contributed by atoms with Crippen LogP contribution < -0.4 is 5.32 Å². The van der Waals surface area contributed by atoms with Crippen molar-refractivity contribution in [1.29, 1.82) is 0 Å². The van der Waals surface area contributed by atoms with Crippen molar-refractivity contribution < 1.29 is 27.5 Å². The summed E-state index contributed by atoms with van der Waals surface area (Å²) < 4.78 is 38.2. The fraction of sp³-hybridized carbons (Fsp3) is 0.273. The topological polar surface area (TPSA) is 104 Å². The molecule has 20 heavy (non-hydrogen) atoms. The molecule has 0 heterocycles. The predicted octanol–water partition coefficient (Wildman–Crippen LogP) is -0.110. The number of nitrogens with zero attached hydrogens (tertiary/aromatic N) is 1. The molecular formula is C11H13FN2O5S. The van der Waals surface area contributed by atoms with E-state index in [0.29, 0.717) is 10.4 Å². The zero-order chi connectivity index (χ0) is 15.5. The SMILES string of the molecule is CNC(=O)CN(C)S(=O)(=O)c1cc(F)ccc1C(=O)O. The molecule has 1 rings (SSSR count). The number of aromatic carboxylic acids is 1. The third-order valence-corrected chi connectivity index (χ3v) is 4.35. The van der Waals surface area contributed by atoms with Gasteiger partial charge in [-0.2, -0.15) is 4.31 Å². The van der Waals surface area contributed by atoms with Crippen LogP contribution in [-0.4, -0.2) is 50.3 Å². The number of nitrogens with one attached hydrogen (secondary N) is 1. The fourth-order valence-electron chi connectivity index (χ4n) is 1.42. The largest absolute Gasteiger partial charge is 0.478 e. The summed E-state index contributed by atoms with van der Waals surface area (Å²) in [5, 5.41) is 11.2. The normalized spacial score (nSPS) is 11.4. The maximum absolute atomic E-state index is 13.2. The van der Waals surface area contributed by atoms with E-state index in [4.69, 9.17) is 5.11 Å². The number of likely N-dealkylation sites (N-methyl/N-ethyl adjacent to an activating group) is 2. The monoisotopic (exact) mass is 304 g/mol. The Balaban J connectivity index is 3.31. The molecule has 0 radical (unpaired) electrons. The molecule has 1 amide bonds. The van der Waals surface area contributed by atoms with Crippen LogP contribution in [0.25, 0.3) is 0 Å². The molecule has 9 heteroatoms. The van der Waals surface area contributed by atoms with Gasteiger partial charge in [0, 0.05) is 14.1 Å². The minimum atomic E-state index is -4.29. The van der Waals surface area contributed by atoms with Gasteiger partial charge < -0.3 is 10.4 Å². The fourth-order valence-corrected chi connectivity index (χ4v) is 2.74. The van der Waals surface area contributed by atoms with Crippen molar-refractivity contribution in [2.75, 3.05) is 20.6 Å². The van der Waals surface area contributed by atoms with Gasteiger partial charge in [-0.05, 0) is 18.2 Å². The molecule has 7 nitrogen and oxygen atoms in total. The zero-order valence-corrected chi connectivity index (χ0v) is 11.6. The van der Waals surface area contributed by atoms with Crippen LogP contribution in [0.2, 0.25) is 0 Å². The summed E-state index contributed by atoms with van der Waals surface area (Å²) in [6, 6.07) is 2.32. The molecule has 0 bridgehead atoms. The number of rotatable bonds is 5. The summed E-state index contributed by atoms with van der Waals surface area (Å²) in [7, 11) is -1.87. The number of amides is 1. The Morgan fingerprint density at radius 3 is 2.50 bits per heavy atom. The van der Waals surface area contributed by atoms with Crippen molar-refractivity contribution in [3.05, 3.63) is 29.6 Å². The lowest BCUT2D eigenvalue weighted by Crippen LogP contribution is -2.37. The van der Waals surface area contributed by atoms with E-state index in [0.717, 1.165) is 19.2 Å². The van der Waals surface area contributed by atoms with Gasteiger partial charge >= 0.3 is 5.97 Å². The Labute approximate surface area is 115 Å². The minimum absolute atomic E-state index is 0.506. The minimum Gasteiger partial charge on any atom is -0.478 e. The maximum Gasteiger partial charge on any atom is 0.337 e. The summed E-state index contributed by atoms with van der Waals surface area (Å²) in [6.07, 6.45) is 0. The molecule has 110 valence electrons. The van der Waals surface area contributed by atoms with E-state index < -0.39 is 44.7 Å². The lowest BCUT2D eigenvalue weighted by atomic mass is 10.2. The number of halogens is 1. The lowest BCUT2D eigenvalue weighted by molar-refractivity contribution is -0.120. The first-order chi connectivity index (χ1) is 9.20. The molecule has 0 saturated heterocycles. The Kier molecular flexibility index (Phi) is 4.79. The van der Waals surface area contributed by atoms with E-state index in [-0.39, 0.29) is 0 Å². The first-order valence-corrected chi connectivity index (χ1v) is 6.84. The predicted molar refractivity (Wildman–Crippen MR) is 67.2 cm³/mol. The van der Waals surface area contributed by atoms with Crippen molar-refractivity contribution in [2.45, 2.75) is 4.90 Å². The number of carboxylic acid groups (broad SMARTS) is 1. The van der Waals surface area contributed by atoms with E-state index in [1.165, 1.54) is 7.05 Å². The first kappa shape index (κ1) is 16.1. The van der Waals surface area contributed by atoms with Gasteiger partial charge in [0.15, 0.2) is 0 Å². The Bertz CT molecular complexity index is 644. The van der Waals surface area contributed by atoms with Crippen LogP contribution >= 0.6 is 0 Å². The van der Waals surface area contributed by atoms with Gasteiger partial charge in [-0.15, -0.1) is 0 Å². The molecule has 0 fully saturated rings. The van der Waals surface area contributed by atoms with E-state index in [2.05, 4.69) is 5.32 Å². The second-order valence-corrected chi connectivity index (χ2v) is 5.89. The van der Waals surface area contributed by atoms with Crippen molar-refractivity contribution in [3.8, 4) is 0 Å². The Morgan fingerprint density at radius 1 is 1.40 bits per heavy atom. The standard InChI is InChI=1S/C11H13FN2O5S/c1-13-10(15)6-14(2)20(18,19)9-5-7(12)3-4-8(9)11(16)17/h3-5H,6H2,1-2H3,(H,13,15)(H,16,17). The quantitative estimate of drug-likeness (QED) is 0.790. The van der Waals surface area contributed by atoms with Crippen LogP contribution in [0.3, 0.4) is 0 Å². The van der Waals surface area contributed by atoms with Crippen LogP contribution in [0, 0.1) is 5.82 Å². The van der Waals surface area contributed by atoms with Gasteiger partial charge in [-0.25, -0.2) is 17.6 Å². The molecule has 0 saturated carbocycles. The highest BCUT2D eigenvalue weighted by atomic mass is 32.2. The van der Waals surface area contributed by atoms with Crippen LogP contribution in [0.1, 0.15) is 10.4 Å². The molecule has 0 aliphatic rings. The highest BCUT2D eigenvalue weighted by molar-refractivity contribution is 7.89. The van der Waals surface area contributed by atoms with Crippen molar-refractivity contribution in [1.82, 2.24) is 9.62 Å². The van der Waals surface area contributed by atoms with Gasteiger partial charge in [0.05, 0.1) is 17.0 Å². The number of hydrogen-bond acceptors (Lipinski definition) is 4. The number of benzene rings is 1. The van der Waals surface area contributed by atoms with E-state index >= 15 is 0 Å². The first-order valence-electron chi connectivity index (χ1n) is 5.40. The second kappa shape index (κ2) is 5.97. The van der Waals surface area contributed by atoms with Crippen molar-refractivity contribution >= 4 is 21.9 Å². The third-order valence-electron chi connectivity index (χ3n) is 2.51. The average Bonchev–Trinajstić information content (AvgIpc) is 2.37. The number of carbonyl (C=O) groups is 2. The summed E-state index contributed by atoms with van der Waals surface area (Å²) >= 11 is 0. The molecule has 0 aliphatic carbocycles. The Morgan fingerprint density at radius 2 is 2.00 bits per heavy atom. The number of hydrogen-bond donors (Lipinski definition) is 2. The molecule has 2 N–H and O–H groups in total. The van der Waals surface area contributed by atoms with Gasteiger partial charge in [0.2, 0.25) is 15.9 Å². The van der Waals surface area contributed by atoms with Gasteiger partial charge in [0.1, 0.15) is 5.82 Å². The van der Waals surface area contributed by atoms with Crippen molar-refractivity contribution in [2.24, 2.45) is 0 Å². The van der Waals surface area contributed by atoms with Crippen LogP contribution in [0.5, 0.6) is 0 Å². The second-order valence-electron chi connectivity index (χ2n) is 3.88. The van der Waals surface area contributed by atoms with E-state index in [1.807, 2.05) is 0 Å². The molecule has 0 spiro atoms. The molecular weight excluding hydrogens is 291 g/mol. The lowest BCUT2D eigenvalue weighted by Gasteiger charge is -2.17. The summed E-state index contributed by atoms with van der Waals surface area (Å²) in [6.45, 7) is -0.506. The highest BCUT2D eigenvalue weighted by Crippen LogP contribution is 2.20. The highest BCUT2D eigenvalue weighted by Gasteiger charge is 2.28. The maximum atomic E-state index is 13.2. The summed E-state index contributed by atoms with van der Waals surface area (Å²) in [5.41, 5.74) is -0.560. The van der Waals surface area contributed by atoms with Crippen molar-refractivity contribution in [3.63, 3.8) is 0 Å². The van der Waals surface area contributed by atoms with Crippen LogP contribution in [0.4, 0.5) is 4.39 Å². The Hall–Kier alpha value is -2.00. The number of carboxylic acids is 1. The van der Waals surface area contributed by atoms with Crippen LogP contribution in [0.15, 0.2) is 23.1 Å². The molecule has 1 aromatic carbocycles.